The van der Waals surface area contributed by atoms with Gasteiger partial charge in [0.2, 0.25) is 0 Å². The zero-order valence-corrected chi connectivity index (χ0v) is 15.5. The van der Waals surface area contributed by atoms with Gasteiger partial charge in [0.1, 0.15) is 11.4 Å². The molecule has 0 aliphatic heterocycles. The van der Waals surface area contributed by atoms with Crippen molar-refractivity contribution in [1.29, 1.82) is 0 Å². The minimum absolute atomic E-state index is 0.118. The van der Waals surface area contributed by atoms with Crippen molar-refractivity contribution in [2.24, 2.45) is 5.10 Å². The number of hydrogen-bond acceptors (Lipinski definition) is 7. The Kier molecular flexibility index (Phi) is 6.43. The Morgan fingerprint density at radius 1 is 1.14 bits per heavy atom. The summed E-state index contributed by atoms with van der Waals surface area (Å²) < 4.78 is 10.3. The minimum atomic E-state index is -0.690. The highest BCUT2D eigenvalue weighted by Crippen LogP contribution is 2.16. The van der Waals surface area contributed by atoms with Gasteiger partial charge in [-0.3, -0.25) is 10.1 Å². The van der Waals surface area contributed by atoms with Crippen molar-refractivity contribution in [3.63, 3.8) is 0 Å². The van der Waals surface area contributed by atoms with Crippen LogP contribution in [0.15, 0.2) is 53.6 Å². The van der Waals surface area contributed by atoms with Gasteiger partial charge in [-0.2, -0.15) is 5.10 Å². The number of hydrogen-bond donors (Lipinski definition) is 1. The van der Waals surface area contributed by atoms with Gasteiger partial charge in [-0.1, -0.05) is 12.1 Å². The predicted molar refractivity (Wildman–Crippen MR) is 101 cm³/mol. The van der Waals surface area contributed by atoms with Gasteiger partial charge in [-0.25, -0.2) is 15.0 Å². The zero-order chi connectivity index (χ0) is 20.7. The zero-order valence-electron chi connectivity index (χ0n) is 15.5. The van der Waals surface area contributed by atoms with Gasteiger partial charge in [0.25, 0.3) is 5.69 Å². The summed E-state index contributed by atoms with van der Waals surface area (Å²) in [6.45, 7) is 5.21. The van der Waals surface area contributed by atoms with Crippen LogP contribution in [0.25, 0.3) is 0 Å². The Bertz CT molecular complexity index is 901. The van der Waals surface area contributed by atoms with Crippen LogP contribution in [0, 0.1) is 10.1 Å². The molecule has 0 radical (unpaired) electrons. The molecule has 0 fully saturated rings. The van der Waals surface area contributed by atoms with Gasteiger partial charge in [-0.05, 0) is 50.6 Å². The number of nitro groups is 1. The molecule has 0 atom stereocenters. The number of nitrogens with one attached hydrogen (secondary N) is 1. The lowest BCUT2D eigenvalue weighted by Crippen LogP contribution is -2.29. The standard InChI is InChI=1S/C19H19N3O6/c1-19(2,3)28-18(24)21-20-12-13-5-4-6-16(11-13)27-17(23)14-7-9-15(10-8-14)22(25)26/h4-12H,1-3H3,(H,21,24)/b20-12+. The number of esters is 1. The number of nitrogens with zero attached hydrogens (tertiary/aromatic N) is 2. The molecule has 0 saturated heterocycles. The summed E-state index contributed by atoms with van der Waals surface area (Å²) in [7, 11) is 0. The summed E-state index contributed by atoms with van der Waals surface area (Å²) in [5, 5.41) is 14.4. The van der Waals surface area contributed by atoms with Gasteiger partial charge in [0, 0.05) is 12.1 Å². The monoisotopic (exact) mass is 385 g/mol. The van der Waals surface area contributed by atoms with E-state index in [2.05, 4.69) is 10.5 Å². The minimum Gasteiger partial charge on any atom is -0.443 e. The molecule has 28 heavy (non-hydrogen) atoms. The topological polar surface area (TPSA) is 120 Å². The van der Waals surface area contributed by atoms with Crippen LogP contribution < -0.4 is 10.2 Å². The van der Waals surface area contributed by atoms with E-state index in [1.54, 1.807) is 45.0 Å². The van der Waals surface area contributed by atoms with E-state index in [0.29, 0.717) is 5.56 Å². The maximum absolute atomic E-state index is 12.1. The number of rotatable bonds is 5. The molecule has 1 amide bonds. The maximum Gasteiger partial charge on any atom is 0.428 e. The highest BCUT2D eigenvalue weighted by atomic mass is 16.6. The molecule has 0 heterocycles. The van der Waals surface area contributed by atoms with Gasteiger partial charge in [0.05, 0.1) is 16.7 Å². The highest BCUT2D eigenvalue weighted by molar-refractivity contribution is 5.91. The third-order valence-corrected chi connectivity index (χ3v) is 3.15. The average Bonchev–Trinajstić information content (AvgIpc) is 2.60. The van der Waals surface area contributed by atoms with Gasteiger partial charge >= 0.3 is 12.1 Å². The van der Waals surface area contributed by atoms with E-state index in [-0.39, 0.29) is 17.0 Å². The van der Waals surface area contributed by atoms with E-state index in [4.69, 9.17) is 9.47 Å². The van der Waals surface area contributed by atoms with Crippen LogP contribution in [0.3, 0.4) is 0 Å². The van der Waals surface area contributed by atoms with Crippen LogP contribution in [0.2, 0.25) is 0 Å². The van der Waals surface area contributed by atoms with Crippen LogP contribution in [0.5, 0.6) is 5.75 Å². The Hall–Kier alpha value is -3.75. The van der Waals surface area contributed by atoms with Crippen molar-refractivity contribution in [2.45, 2.75) is 26.4 Å². The first-order chi connectivity index (χ1) is 13.1. The van der Waals surface area contributed by atoms with E-state index in [0.717, 1.165) is 0 Å². The summed E-state index contributed by atoms with van der Waals surface area (Å²) >= 11 is 0. The molecule has 1 N–H and O–H groups in total. The molecular formula is C19H19N3O6. The molecule has 0 saturated carbocycles. The molecule has 9 heteroatoms. The number of carbonyl (C=O) groups excluding carboxylic acids is 2. The lowest BCUT2D eigenvalue weighted by Gasteiger charge is -2.18. The van der Waals surface area contributed by atoms with Crippen molar-refractivity contribution in [3.05, 3.63) is 69.8 Å². The van der Waals surface area contributed by atoms with Crippen LogP contribution in [-0.4, -0.2) is 28.8 Å². The molecule has 2 aromatic carbocycles. The van der Waals surface area contributed by atoms with Gasteiger partial charge in [-0.15, -0.1) is 0 Å². The number of carbonyl (C=O) groups is 2. The number of hydrazone groups is 1. The fourth-order valence-electron chi connectivity index (χ4n) is 2.00. The molecular weight excluding hydrogens is 366 g/mol. The first-order valence-electron chi connectivity index (χ1n) is 8.23. The molecule has 0 aliphatic rings. The fourth-order valence-corrected chi connectivity index (χ4v) is 2.00. The molecule has 9 nitrogen and oxygen atoms in total. The molecule has 146 valence electrons. The number of ether oxygens (including phenoxy) is 2. The maximum atomic E-state index is 12.1. The van der Waals surface area contributed by atoms with Crippen molar-refractivity contribution in [1.82, 2.24) is 5.43 Å². The van der Waals surface area contributed by atoms with Crippen molar-refractivity contribution >= 4 is 24.0 Å². The summed E-state index contributed by atoms with van der Waals surface area (Å²) in [6, 6.07) is 11.5. The molecule has 0 spiro atoms. The van der Waals surface area contributed by atoms with Gasteiger partial charge < -0.3 is 9.47 Å². The lowest BCUT2D eigenvalue weighted by molar-refractivity contribution is -0.384. The molecule has 2 aromatic rings. The average molecular weight is 385 g/mol. The molecule has 0 bridgehead atoms. The summed E-state index contributed by atoms with van der Waals surface area (Å²) in [4.78, 5) is 33.8. The first kappa shape index (κ1) is 20.6. The highest BCUT2D eigenvalue weighted by Gasteiger charge is 2.15. The van der Waals surface area contributed by atoms with Crippen LogP contribution in [0.1, 0.15) is 36.7 Å². The van der Waals surface area contributed by atoms with Crippen molar-refractivity contribution < 1.29 is 24.0 Å². The van der Waals surface area contributed by atoms with Crippen molar-refractivity contribution in [2.75, 3.05) is 0 Å². The number of amides is 1. The molecule has 0 aromatic heterocycles. The largest absolute Gasteiger partial charge is 0.443 e. The van der Waals surface area contributed by atoms with Crippen LogP contribution in [-0.2, 0) is 4.74 Å². The molecule has 2 rings (SSSR count). The number of benzene rings is 2. The van der Waals surface area contributed by atoms with E-state index in [1.165, 1.54) is 30.5 Å². The SMILES string of the molecule is CC(C)(C)OC(=O)N/N=C/c1cccc(OC(=O)c2ccc([N+](=O)[O-])cc2)c1. The molecule has 0 aliphatic carbocycles. The second-order valence-corrected chi connectivity index (χ2v) is 6.64. The second-order valence-electron chi connectivity index (χ2n) is 6.64. The normalized spacial score (nSPS) is 11.1. The predicted octanol–water partition coefficient (Wildman–Crippen LogP) is 3.67. The van der Waals surface area contributed by atoms with Gasteiger partial charge in [0.15, 0.2) is 0 Å². The number of non-ortho nitro benzene ring substituents is 1. The quantitative estimate of drug-likeness (QED) is 0.276. The summed E-state index contributed by atoms with van der Waals surface area (Å²) in [5.41, 5.74) is 2.23. The third-order valence-electron chi connectivity index (χ3n) is 3.15. The van der Waals surface area contributed by atoms with Crippen LogP contribution in [0.4, 0.5) is 10.5 Å². The Labute approximate surface area is 161 Å². The first-order valence-corrected chi connectivity index (χ1v) is 8.23. The second kappa shape index (κ2) is 8.76. The Morgan fingerprint density at radius 2 is 1.82 bits per heavy atom. The summed E-state index contributed by atoms with van der Waals surface area (Å²) in [6.07, 6.45) is 0.678. The smallest absolute Gasteiger partial charge is 0.428 e. The van der Waals surface area contributed by atoms with Crippen LogP contribution >= 0.6 is 0 Å². The van der Waals surface area contributed by atoms with Crippen molar-refractivity contribution in [3.8, 4) is 5.75 Å². The third kappa shape index (κ3) is 6.52. The lowest BCUT2D eigenvalue weighted by atomic mass is 10.2. The van der Waals surface area contributed by atoms with E-state index in [1.807, 2.05) is 0 Å². The van der Waals surface area contributed by atoms with E-state index < -0.39 is 22.6 Å². The Morgan fingerprint density at radius 3 is 2.43 bits per heavy atom. The summed E-state index contributed by atoms with van der Waals surface area (Å²) in [5.74, 6) is -0.402. The van der Waals surface area contributed by atoms with E-state index in [9.17, 15) is 19.7 Å². The van der Waals surface area contributed by atoms with E-state index >= 15 is 0 Å². The fraction of sp³-hybridized carbons (Fsp3) is 0.211. The Balaban J connectivity index is 1.98. The molecule has 0 unspecified atom stereocenters. The number of nitro benzene ring substituents is 1.